The lowest BCUT2D eigenvalue weighted by atomic mass is 10.1. The number of rotatable bonds is 8. The Hall–Kier alpha value is -0.490. The van der Waals surface area contributed by atoms with E-state index in [9.17, 15) is 5.11 Å². The Bertz CT molecular complexity index is 400. The summed E-state index contributed by atoms with van der Waals surface area (Å²) >= 11 is 3.47. The van der Waals surface area contributed by atoms with Crippen molar-refractivity contribution < 1.29 is 14.6 Å². The zero-order valence-corrected chi connectivity index (χ0v) is 14.5. The molecule has 0 bridgehead atoms. The first-order chi connectivity index (χ1) is 9.15. The fourth-order valence-corrected chi connectivity index (χ4v) is 2.29. The van der Waals surface area contributed by atoms with Crippen LogP contribution in [-0.4, -0.2) is 31.5 Å². The van der Waals surface area contributed by atoms with E-state index in [1.807, 2.05) is 26.0 Å². The van der Waals surface area contributed by atoms with Gasteiger partial charge in [-0.15, -0.1) is 12.4 Å². The van der Waals surface area contributed by atoms with Crippen LogP contribution in [0.4, 0.5) is 0 Å². The number of methoxy groups -OCH3 is 1. The molecule has 0 aliphatic heterocycles. The molecule has 0 spiro atoms. The molecule has 116 valence electrons. The monoisotopic (exact) mass is 367 g/mol. The Balaban J connectivity index is 0.00000361. The average Bonchev–Trinajstić information content (AvgIpc) is 2.42. The lowest BCUT2D eigenvalue weighted by molar-refractivity contribution is 0.237. The summed E-state index contributed by atoms with van der Waals surface area (Å²) in [4.78, 5) is 0. The van der Waals surface area contributed by atoms with E-state index in [0.717, 1.165) is 22.2 Å². The second-order valence-electron chi connectivity index (χ2n) is 4.20. The summed E-state index contributed by atoms with van der Waals surface area (Å²) in [5.74, 6) is 1.47. The number of halogens is 2. The van der Waals surface area contributed by atoms with Crippen molar-refractivity contribution in [3.05, 3.63) is 22.2 Å². The quantitative estimate of drug-likeness (QED) is 0.740. The summed E-state index contributed by atoms with van der Waals surface area (Å²) < 4.78 is 12.0. The number of hydrogen-bond donors (Lipinski definition) is 2. The van der Waals surface area contributed by atoms with E-state index in [1.54, 1.807) is 7.11 Å². The predicted molar refractivity (Wildman–Crippen MR) is 87.1 cm³/mol. The van der Waals surface area contributed by atoms with Crippen LogP contribution in [0.25, 0.3) is 0 Å². The molecule has 0 saturated carbocycles. The van der Waals surface area contributed by atoms with Crippen LogP contribution in [0.5, 0.6) is 11.5 Å². The largest absolute Gasteiger partial charge is 0.493 e. The molecule has 20 heavy (non-hydrogen) atoms. The Kier molecular flexibility index (Phi) is 10.0. The second-order valence-corrected chi connectivity index (χ2v) is 5.11. The van der Waals surface area contributed by atoms with Crippen molar-refractivity contribution in [2.24, 2.45) is 0 Å². The van der Waals surface area contributed by atoms with Crippen LogP contribution in [0, 0.1) is 0 Å². The summed E-state index contributed by atoms with van der Waals surface area (Å²) in [5, 5.41) is 12.5. The highest BCUT2D eigenvalue weighted by molar-refractivity contribution is 9.10. The number of hydrogen-bond acceptors (Lipinski definition) is 4. The molecule has 1 aromatic carbocycles. The Morgan fingerprint density at radius 2 is 2.05 bits per heavy atom. The summed E-state index contributed by atoms with van der Waals surface area (Å²) in [5.41, 5.74) is 1.01. The van der Waals surface area contributed by atoms with Crippen LogP contribution in [-0.2, 0) is 6.54 Å². The van der Waals surface area contributed by atoms with Crippen molar-refractivity contribution in [2.75, 3.05) is 20.3 Å². The van der Waals surface area contributed by atoms with Gasteiger partial charge in [0.25, 0.3) is 0 Å². The molecular formula is C14H23BrClNO3. The topological polar surface area (TPSA) is 50.7 Å². The third-order valence-electron chi connectivity index (χ3n) is 2.90. The van der Waals surface area contributed by atoms with Crippen molar-refractivity contribution in [3.63, 3.8) is 0 Å². The molecule has 0 fully saturated rings. The molecular weight excluding hydrogens is 346 g/mol. The first-order valence-electron chi connectivity index (χ1n) is 6.49. The molecule has 1 atom stereocenters. The van der Waals surface area contributed by atoms with E-state index in [4.69, 9.17) is 9.47 Å². The molecule has 0 amide bonds. The van der Waals surface area contributed by atoms with Gasteiger partial charge >= 0.3 is 0 Å². The van der Waals surface area contributed by atoms with Gasteiger partial charge < -0.3 is 19.9 Å². The van der Waals surface area contributed by atoms with E-state index < -0.39 is 0 Å². The molecule has 0 aliphatic carbocycles. The first kappa shape index (κ1) is 19.5. The normalized spacial score (nSPS) is 11.7. The second kappa shape index (κ2) is 10.3. The van der Waals surface area contributed by atoms with Crippen molar-refractivity contribution in [2.45, 2.75) is 32.9 Å². The summed E-state index contributed by atoms with van der Waals surface area (Å²) in [6.45, 7) is 5.33. The summed E-state index contributed by atoms with van der Waals surface area (Å²) in [7, 11) is 1.63. The number of aliphatic hydroxyl groups excluding tert-OH is 1. The first-order valence-corrected chi connectivity index (χ1v) is 7.28. The maximum absolute atomic E-state index is 9.20. The van der Waals surface area contributed by atoms with Gasteiger partial charge in [-0.05, 0) is 25.5 Å². The third-order valence-corrected chi connectivity index (χ3v) is 3.36. The number of aliphatic hydroxyl groups is 1. The minimum Gasteiger partial charge on any atom is -0.493 e. The Labute approximate surface area is 135 Å². The third kappa shape index (κ3) is 5.48. The van der Waals surface area contributed by atoms with E-state index in [2.05, 4.69) is 21.2 Å². The van der Waals surface area contributed by atoms with Gasteiger partial charge in [-0.2, -0.15) is 0 Å². The lowest BCUT2D eigenvalue weighted by Crippen LogP contribution is -2.31. The number of ether oxygens (including phenoxy) is 2. The zero-order valence-electron chi connectivity index (χ0n) is 12.1. The minimum absolute atomic E-state index is 0. The summed E-state index contributed by atoms with van der Waals surface area (Å²) in [6, 6.07) is 3.99. The number of nitrogens with one attached hydrogen (secondary N) is 1. The van der Waals surface area contributed by atoms with Gasteiger partial charge in [0.15, 0.2) is 11.5 Å². The highest BCUT2D eigenvalue weighted by atomic mass is 79.9. The molecule has 1 aromatic rings. The van der Waals surface area contributed by atoms with E-state index >= 15 is 0 Å². The fraction of sp³-hybridized carbons (Fsp3) is 0.571. The van der Waals surface area contributed by atoms with Gasteiger partial charge in [-0.1, -0.05) is 22.9 Å². The van der Waals surface area contributed by atoms with Crippen LogP contribution in [0.2, 0.25) is 0 Å². The van der Waals surface area contributed by atoms with E-state index in [1.165, 1.54) is 0 Å². The van der Waals surface area contributed by atoms with Crippen molar-refractivity contribution in [1.82, 2.24) is 5.32 Å². The Morgan fingerprint density at radius 3 is 2.55 bits per heavy atom. The van der Waals surface area contributed by atoms with Crippen molar-refractivity contribution >= 4 is 28.3 Å². The molecule has 1 unspecified atom stereocenters. The van der Waals surface area contributed by atoms with Crippen LogP contribution in [0.3, 0.4) is 0 Å². The zero-order chi connectivity index (χ0) is 14.3. The highest BCUT2D eigenvalue weighted by Crippen LogP contribution is 2.34. The smallest absolute Gasteiger partial charge is 0.165 e. The molecule has 1 rings (SSSR count). The van der Waals surface area contributed by atoms with Gasteiger partial charge in [0.2, 0.25) is 0 Å². The molecule has 0 radical (unpaired) electrons. The molecule has 0 heterocycles. The minimum atomic E-state index is 0. The standard InChI is InChI=1S/C14H22BrNO3.ClH/c1-4-12(9-17)16-8-10-6-11(15)7-13(18-3)14(10)19-5-2;/h6-7,12,16-17H,4-5,8-9H2,1-3H3;1H. The van der Waals surface area contributed by atoms with Gasteiger partial charge in [-0.25, -0.2) is 0 Å². The fourth-order valence-electron chi connectivity index (χ4n) is 1.81. The van der Waals surface area contributed by atoms with E-state index in [-0.39, 0.29) is 25.1 Å². The van der Waals surface area contributed by atoms with Crippen molar-refractivity contribution in [3.8, 4) is 11.5 Å². The van der Waals surface area contributed by atoms with Crippen LogP contribution in [0.15, 0.2) is 16.6 Å². The molecule has 6 heteroatoms. The highest BCUT2D eigenvalue weighted by Gasteiger charge is 2.13. The van der Waals surface area contributed by atoms with Crippen LogP contribution in [0.1, 0.15) is 25.8 Å². The SMILES string of the molecule is CCOc1c(CNC(CC)CO)cc(Br)cc1OC.Cl. The molecule has 2 N–H and O–H groups in total. The molecule has 0 aromatic heterocycles. The summed E-state index contributed by atoms with van der Waals surface area (Å²) in [6.07, 6.45) is 0.881. The van der Waals surface area contributed by atoms with Crippen LogP contribution >= 0.6 is 28.3 Å². The number of benzene rings is 1. The van der Waals surface area contributed by atoms with Crippen molar-refractivity contribution in [1.29, 1.82) is 0 Å². The van der Waals surface area contributed by atoms with Gasteiger partial charge in [-0.3, -0.25) is 0 Å². The maximum Gasteiger partial charge on any atom is 0.165 e. The van der Waals surface area contributed by atoms with Gasteiger partial charge in [0.1, 0.15) is 0 Å². The van der Waals surface area contributed by atoms with Gasteiger partial charge in [0.05, 0.1) is 20.3 Å². The molecule has 0 saturated heterocycles. The molecule has 4 nitrogen and oxygen atoms in total. The van der Waals surface area contributed by atoms with Crippen LogP contribution < -0.4 is 14.8 Å². The average molecular weight is 369 g/mol. The maximum atomic E-state index is 9.20. The molecule has 0 aliphatic rings. The lowest BCUT2D eigenvalue weighted by Gasteiger charge is -2.18. The Morgan fingerprint density at radius 1 is 1.35 bits per heavy atom. The van der Waals surface area contributed by atoms with E-state index in [0.29, 0.717) is 18.9 Å². The van der Waals surface area contributed by atoms with Gasteiger partial charge in [0, 0.05) is 22.6 Å². The predicted octanol–water partition coefficient (Wildman–Crippen LogP) is 3.14.